The summed E-state index contributed by atoms with van der Waals surface area (Å²) in [5.74, 6) is 0.186. The van der Waals surface area contributed by atoms with Crippen molar-refractivity contribution in [1.82, 2.24) is 9.88 Å². The van der Waals surface area contributed by atoms with Crippen LogP contribution in [0.4, 0.5) is 10.8 Å². The number of benzene rings is 1. The molecule has 0 radical (unpaired) electrons. The maximum absolute atomic E-state index is 12.7. The van der Waals surface area contributed by atoms with Crippen molar-refractivity contribution in [2.75, 3.05) is 42.5 Å². The Hall–Kier alpha value is -1.92. The molecule has 1 aromatic carbocycles. The maximum Gasteiger partial charge on any atom is 0.241 e. The largest absolute Gasteiger partial charge is 0.348 e. The van der Waals surface area contributed by atoms with E-state index in [2.05, 4.69) is 46.8 Å². The van der Waals surface area contributed by atoms with Crippen LogP contribution in [0.1, 0.15) is 28.8 Å². The van der Waals surface area contributed by atoms with Crippen molar-refractivity contribution in [1.29, 1.82) is 0 Å². The lowest BCUT2D eigenvalue weighted by Crippen LogP contribution is -2.50. The molecule has 0 spiro atoms. The van der Waals surface area contributed by atoms with Crippen molar-refractivity contribution in [2.24, 2.45) is 0 Å². The fraction of sp³-hybridized carbons (Fsp3) is 0.500. The van der Waals surface area contributed by atoms with Crippen molar-refractivity contribution in [3.05, 3.63) is 40.4 Å². The van der Waals surface area contributed by atoms with E-state index in [-0.39, 0.29) is 5.91 Å². The minimum Gasteiger partial charge on any atom is -0.348 e. The Morgan fingerprint density at radius 3 is 2.46 bits per heavy atom. The molecule has 0 bridgehead atoms. The Labute approximate surface area is 159 Å². The number of amides is 1. The summed E-state index contributed by atoms with van der Waals surface area (Å²) in [4.78, 5) is 25.1. The molecule has 6 heteroatoms. The van der Waals surface area contributed by atoms with Gasteiger partial charge in [-0.2, -0.15) is 0 Å². The first-order chi connectivity index (χ1) is 12.6. The molecule has 2 fully saturated rings. The highest BCUT2D eigenvalue weighted by molar-refractivity contribution is 7.15. The normalized spacial score (nSPS) is 18.8. The zero-order chi connectivity index (χ0) is 18.1. The molecule has 2 aromatic rings. The van der Waals surface area contributed by atoms with Gasteiger partial charge in [0.25, 0.3) is 0 Å². The molecule has 26 heavy (non-hydrogen) atoms. The molecule has 5 nitrogen and oxygen atoms in total. The molecule has 0 N–H and O–H groups in total. The SMILES string of the molecule is Cc1cc(C)cc(N2CCN(Cc3cnc(N4CCCC4)s3)CC2=O)c1. The number of nitrogens with zero attached hydrogens (tertiary/aromatic N) is 4. The number of rotatable bonds is 4. The molecule has 1 aromatic heterocycles. The topological polar surface area (TPSA) is 39.7 Å². The number of thiazole rings is 1. The molecule has 2 aliphatic heterocycles. The lowest BCUT2D eigenvalue weighted by Gasteiger charge is -2.34. The summed E-state index contributed by atoms with van der Waals surface area (Å²) in [5.41, 5.74) is 3.44. The Morgan fingerprint density at radius 1 is 1.04 bits per heavy atom. The Bertz CT molecular complexity index is 777. The number of hydrogen-bond donors (Lipinski definition) is 0. The summed E-state index contributed by atoms with van der Waals surface area (Å²) >= 11 is 1.77. The van der Waals surface area contributed by atoms with Crippen molar-refractivity contribution < 1.29 is 4.79 Å². The molecule has 2 saturated heterocycles. The number of anilines is 2. The third-order valence-corrected chi connectivity index (χ3v) is 6.16. The molecule has 1 amide bonds. The zero-order valence-electron chi connectivity index (χ0n) is 15.6. The maximum atomic E-state index is 12.7. The third-order valence-electron chi connectivity index (χ3n) is 5.12. The van der Waals surface area contributed by atoms with Crippen LogP contribution in [0.15, 0.2) is 24.4 Å². The second-order valence-corrected chi connectivity index (χ2v) is 8.50. The molecule has 2 aliphatic rings. The first-order valence-corrected chi connectivity index (χ1v) is 10.2. The fourth-order valence-corrected chi connectivity index (χ4v) is 4.89. The molecule has 0 unspecified atom stereocenters. The predicted molar refractivity (Wildman–Crippen MR) is 107 cm³/mol. The predicted octanol–water partition coefficient (Wildman–Crippen LogP) is 3.21. The van der Waals surface area contributed by atoms with Crippen molar-refractivity contribution >= 4 is 28.1 Å². The van der Waals surface area contributed by atoms with Gasteiger partial charge in [-0.3, -0.25) is 9.69 Å². The van der Waals surface area contributed by atoms with E-state index >= 15 is 0 Å². The van der Waals surface area contributed by atoms with Crippen molar-refractivity contribution in [2.45, 2.75) is 33.2 Å². The van der Waals surface area contributed by atoms with Crippen LogP contribution in [0.3, 0.4) is 0 Å². The summed E-state index contributed by atoms with van der Waals surface area (Å²) in [7, 11) is 0. The summed E-state index contributed by atoms with van der Waals surface area (Å²) in [6.07, 6.45) is 4.52. The van der Waals surface area contributed by atoms with Gasteiger partial charge < -0.3 is 9.80 Å². The monoisotopic (exact) mass is 370 g/mol. The average molecular weight is 371 g/mol. The summed E-state index contributed by atoms with van der Waals surface area (Å²) in [6, 6.07) is 6.35. The van der Waals surface area contributed by atoms with Crippen LogP contribution in [0.25, 0.3) is 0 Å². The zero-order valence-corrected chi connectivity index (χ0v) is 16.4. The molecule has 138 valence electrons. The van der Waals surface area contributed by atoms with E-state index < -0.39 is 0 Å². The second kappa shape index (κ2) is 7.37. The van der Waals surface area contributed by atoms with E-state index in [9.17, 15) is 4.79 Å². The van der Waals surface area contributed by atoms with Gasteiger partial charge in [-0.25, -0.2) is 4.98 Å². The highest BCUT2D eigenvalue weighted by Crippen LogP contribution is 2.27. The molecular formula is C20H26N4OS. The van der Waals surface area contributed by atoms with E-state index in [0.29, 0.717) is 6.54 Å². The number of aryl methyl sites for hydroxylation is 2. The Balaban J connectivity index is 1.38. The summed E-state index contributed by atoms with van der Waals surface area (Å²) in [6.45, 7) is 9.36. The molecule has 3 heterocycles. The average Bonchev–Trinajstić information content (AvgIpc) is 3.25. The van der Waals surface area contributed by atoms with E-state index in [1.165, 1.54) is 28.8 Å². The molecule has 4 rings (SSSR count). The first kappa shape index (κ1) is 17.5. The molecule has 0 saturated carbocycles. The standard InChI is InChI=1S/C20H26N4OS/c1-15-9-16(2)11-17(10-15)24-8-7-22(14-19(24)25)13-18-12-21-20(26-18)23-5-3-4-6-23/h9-12H,3-8,13-14H2,1-2H3. The Kier molecular flexibility index (Phi) is 4.96. The lowest BCUT2D eigenvalue weighted by molar-refractivity contribution is -0.121. The molecule has 0 aliphatic carbocycles. The number of carbonyl (C=O) groups is 1. The van der Waals surface area contributed by atoms with Crippen LogP contribution in [-0.2, 0) is 11.3 Å². The van der Waals surface area contributed by atoms with Gasteiger partial charge in [0.2, 0.25) is 5.91 Å². The van der Waals surface area contributed by atoms with Crippen LogP contribution < -0.4 is 9.80 Å². The van der Waals surface area contributed by atoms with Crippen LogP contribution in [0, 0.1) is 13.8 Å². The van der Waals surface area contributed by atoms with Crippen LogP contribution >= 0.6 is 11.3 Å². The van der Waals surface area contributed by atoms with Gasteiger partial charge in [0, 0.05) is 49.5 Å². The first-order valence-electron chi connectivity index (χ1n) is 9.39. The highest BCUT2D eigenvalue weighted by atomic mass is 32.1. The van der Waals surface area contributed by atoms with Gasteiger partial charge >= 0.3 is 0 Å². The fourth-order valence-electron chi connectivity index (χ4n) is 3.88. The lowest BCUT2D eigenvalue weighted by atomic mass is 10.1. The van der Waals surface area contributed by atoms with Crippen molar-refractivity contribution in [3.8, 4) is 0 Å². The van der Waals surface area contributed by atoms with Gasteiger partial charge in [-0.05, 0) is 49.9 Å². The third kappa shape index (κ3) is 3.76. The summed E-state index contributed by atoms with van der Waals surface area (Å²) in [5, 5.41) is 1.14. The van der Waals surface area contributed by atoms with Crippen LogP contribution in [0.2, 0.25) is 0 Å². The van der Waals surface area contributed by atoms with Gasteiger partial charge in [0.15, 0.2) is 5.13 Å². The van der Waals surface area contributed by atoms with E-state index in [0.717, 1.165) is 43.5 Å². The van der Waals surface area contributed by atoms with Gasteiger partial charge in [0.1, 0.15) is 0 Å². The second-order valence-electron chi connectivity index (χ2n) is 7.41. The van der Waals surface area contributed by atoms with E-state index in [1.807, 2.05) is 11.1 Å². The van der Waals surface area contributed by atoms with Gasteiger partial charge in [-0.15, -0.1) is 11.3 Å². The highest BCUT2D eigenvalue weighted by Gasteiger charge is 2.26. The van der Waals surface area contributed by atoms with Crippen LogP contribution in [-0.4, -0.2) is 48.5 Å². The van der Waals surface area contributed by atoms with E-state index in [4.69, 9.17) is 0 Å². The van der Waals surface area contributed by atoms with Gasteiger partial charge in [-0.1, -0.05) is 6.07 Å². The number of piperazine rings is 1. The van der Waals surface area contributed by atoms with Gasteiger partial charge in [0.05, 0.1) is 6.54 Å². The van der Waals surface area contributed by atoms with Crippen LogP contribution in [0.5, 0.6) is 0 Å². The Morgan fingerprint density at radius 2 is 1.77 bits per heavy atom. The number of carbonyl (C=O) groups excluding carboxylic acids is 1. The quantitative estimate of drug-likeness (QED) is 0.829. The number of aromatic nitrogens is 1. The number of hydrogen-bond acceptors (Lipinski definition) is 5. The minimum atomic E-state index is 0.186. The smallest absolute Gasteiger partial charge is 0.241 e. The molecular weight excluding hydrogens is 344 g/mol. The van der Waals surface area contributed by atoms with E-state index in [1.54, 1.807) is 11.3 Å². The van der Waals surface area contributed by atoms with Crippen molar-refractivity contribution in [3.63, 3.8) is 0 Å². The molecule has 0 atom stereocenters. The summed E-state index contributed by atoms with van der Waals surface area (Å²) < 4.78 is 0. The minimum absolute atomic E-state index is 0.186.